The number of halogens is 1. The molecule has 3 nitrogen and oxygen atoms in total. The molecule has 0 aliphatic heterocycles. The van der Waals surface area contributed by atoms with Crippen LogP contribution < -0.4 is 5.32 Å². The molecule has 5 heteroatoms. The van der Waals surface area contributed by atoms with Crippen molar-refractivity contribution >= 4 is 32.6 Å². The topological polar surface area (TPSA) is 42.0 Å². The van der Waals surface area contributed by atoms with Crippen LogP contribution in [0, 0.1) is 25.2 Å². The summed E-state index contributed by atoms with van der Waals surface area (Å²) in [7, 11) is 0. The molecule has 1 aliphatic carbocycles. The van der Waals surface area contributed by atoms with Gasteiger partial charge in [0, 0.05) is 5.56 Å². The average Bonchev–Trinajstić information content (AvgIpc) is 3.20. The van der Waals surface area contributed by atoms with E-state index in [9.17, 15) is 9.18 Å². The zero-order valence-electron chi connectivity index (χ0n) is 13.5. The van der Waals surface area contributed by atoms with Crippen LogP contribution in [0.4, 0.5) is 9.52 Å². The Hall–Kier alpha value is -2.71. The number of carbonyl (C=O) groups excluding carboxylic acids is 1. The van der Waals surface area contributed by atoms with E-state index in [0.717, 1.165) is 32.5 Å². The SMILES string of the molecule is C#Cc1ccc(C)c(-c2ccc3nc(NC(=O)[C@@H]4CC4F)sc3c2)c1. The van der Waals surface area contributed by atoms with E-state index in [1.165, 1.54) is 11.3 Å². The molecule has 4 rings (SSSR count). The summed E-state index contributed by atoms with van der Waals surface area (Å²) in [6, 6.07) is 11.9. The van der Waals surface area contributed by atoms with Gasteiger partial charge in [0.25, 0.3) is 0 Å². The minimum absolute atomic E-state index is 0.288. The number of nitrogens with zero attached hydrogens (tertiary/aromatic N) is 1. The van der Waals surface area contributed by atoms with Crippen molar-refractivity contribution in [1.29, 1.82) is 0 Å². The fourth-order valence-corrected chi connectivity index (χ4v) is 3.71. The maximum absolute atomic E-state index is 13.0. The summed E-state index contributed by atoms with van der Waals surface area (Å²) < 4.78 is 13.9. The van der Waals surface area contributed by atoms with Crippen molar-refractivity contribution in [3.05, 3.63) is 47.5 Å². The molecule has 1 unspecified atom stereocenters. The molecule has 1 amide bonds. The summed E-state index contributed by atoms with van der Waals surface area (Å²) in [5.41, 5.74) is 4.91. The van der Waals surface area contributed by atoms with Gasteiger partial charge in [-0.2, -0.15) is 0 Å². The van der Waals surface area contributed by atoms with E-state index in [1.54, 1.807) is 0 Å². The lowest BCUT2D eigenvalue weighted by molar-refractivity contribution is -0.117. The average molecular weight is 350 g/mol. The van der Waals surface area contributed by atoms with Crippen LogP contribution in [0.3, 0.4) is 0 Å². The monoisotopic (exact) mass is 350 g/mol. The van der Waals surface area contributed by atoms with Crippen molar-refractivity contribution in [2.75, 3.05) is 5.32 Å². The van der Waals surface area contributed by atoms with Crippen molar-refractivity contribution in [2.45, 2.75) is 19.5 Å². The number of thiazole rings is 1. The minimum Gasteiger partial charge on any atom is -0.302 e. The third-order valence-electron chi connectivity index (χ3n) is 4.38. The van der Waals surface area contributed by atoms with Crippen LogP contribution in [-0.2, 0) is 4.79 Å². The second-order valence-electron chi connectivity index (χ2n) is 6.22. The van der Waals surface area contributed by atoms with Gasteiger partial charge in [-0.1, -0.05) is 29.4 Å². The summed E-state index contributed by atoms with van der Waals surface area (Å²) in [6.07, 6.45) is 4.81. The molecule has 0 bridgehead atoms. The fraction of sp³-hybridized carbons (Fsp3) is 0.200. The van der Waals surface area contributed by atoms with Crippen LogP contribution in [0.1, 0.15) is 17.5 Å². The summed E-state index contributed by atoms with van der Waals surface area (Å²) in [5, 5.41) is 3.22. The van der Waals surface area contributed by atoms with Crippen LogP contribution in [0.2, 0.25) is 0 Å². The van der Waals surface area contributed by atoms with Crippen molar-refractivity contribution in [1.82, 2.24) is 4.98 Å². The summed E-state index contributed by atoms with van der Waals surface area (Å²) >= 11 is 1.39. The third kappa shape index (κ3) is 3.01. The predicted molar refractivity (Wildman–Crippen MR) is 99.4 cm³/mol. The molecule has 124 valence electrons. The van der Waals surface area contributed by atoms with Gasteiger partial charge in [0.05, 0.1) is 16.1 Å². The molecule has 1 aromatic heterocycles. The smallest absolute Gasteiger partial charge is 0.232 e. The molecule has 2 aromatic carbocycles. The van der Waals surface area contributed by atoms with E-state index in [2.05, 4.69) is 16.2 Å². The van der Waals surface area contributed by atoms with E-state index in [0.29, 0.717) is 11.6 Å². The summed E-state index contributed by atoms with van der Waals surface area (Å²) in [6.45, 7) is 2.04. The lowest BCUT2D eigenvalue weighted by Gasteiger charge is -2.07. The van der Waals surface area contributed by atoms with Gasteiger partial charge in [-0.25, -0.2) is 9.37 Å². The number of hydrogen-bond acceptors (Lipinski definition) is 3. The first-order valence-electron chi connectivity index (χ1n) is 7.98. The molecule has 2 atom stereocenters. The molecule has 1 aliphatic rings. The highest BCUT2D eigenvalue weighted by Crippen LogP contribution is 2.36. The zero-order valence-corrected chi connectivity index (χ0v) is 14.4. The fourth-order valence-electron chi connectivity index (χ4n) is 2.80. The molecule has 1 fully saturated rings. The van der Waals surface area contributed by atoms with Gasteiger partial charge < -0.3 is 5.32 Å². The van der Waals surface area contributed by atoms with Crippen LogP contribution in [-0.4, -0.2) is 17.1 Å². The predicted octanol–water partition coefficient (Wildman–Crippen LogP) is 4.55. The van der Waals surface area contributed by atoms with Crippen molar-refractivity contribution in [3.8, 4) is 23.5 Å². The van der Waals surface area contributed by atoms with Gasteiger partial charge in [-0.05, 0) is 54.3 Å². The zero-order chi connectivity index (χ0) is 17.6. The van der Waals surface area contributed by atoms with Gasteiger partial charge in [0.15, 0.2) is 5.13 Å². The molecular formula is C20H15FN2OS. The van der Waals surface area contributed by atoms with Gasteiger partial charge in [-0.3, -0.25) is 4.79 Å². The number of benzene rings is 2. The van der Waals surface area contributed by atoms with Gasteiger partial charge in [0.1, 0.15) is 6.17 Å². The maximum atomic E-state index is 13.0. The Morgan fingerprint density at radius 2 is 2.16 bits per heavy atom. The molecular weight excluding hydrogens is 335 g/mol. The van der Waals surface area contributed by atoms with Crippen LogP contribution >= 0.6 is 11.3 Å². The number of rotatable bonds is 3. The number of anilines is 1. The highest BCUT2D eigenvalue weighted by Gasteiger charge is 2.43. The highest BCUT2D eigenvalue weighted by molar-refractivity contribution is 7.22. The lowest BCUT2D eigenvalue weighted by atomic mass is 9.98. The van der Waals surface area contributed by atoms with Crippen molar-refractivity contribution in [2.24, 2.45) is 5.92 Å². The highest BCUT2D eigenvalue weighted by atomic mass is 32.1. The molecule has 0 saturated heterocycles. The van der Waals surface area contributed by atoms with Crippen molar-refractivity contribution < 1.29 is 9.18 Å². The standard InChI is InChI=1S/C20H15FN2OS/c1-3-12-5-4-11(2)14(8-12)13-6-7-17-18(9-13)25-20(22-17)23-19(24)15-10-16(15)21/h1,4-9,15-16H,10H2,2H3,(H,22,23,24)/t15-,16?/m1/s1. The second-order valence-corrected chi connectivity index (χ2v) is 7.25. The molecule has 1 saturated carbocycles. The number of nitrogens with one attached hydrogen (secondary N) is 1. The van der Waals surface area contributed by atoms with Gasteiger partial charge in [-0.15, -0.1) is 6.42 Å². The molecule has 0 radical (unpaired) electrons. The number of aromatic nitrogens is 1. The first kappa shape index (κ1) is 15.8. The molecule has 25 heavy (non-hydrogen) atoms. The second kappa shape index (κ2) is 5.98. The Kier molecular flexibility index (Phi) is 3.78. The Balaban J connectivity index is 1.67. The van der Waals surface area contributed by atoms with E-state index in [1.807, 2.05) is 43.3 Å². The number of amides is 1. The number of carbonyl (C=O) groups is 1. The van der Waals surface area contributed by atoms with Gasteiger partial charge >= 0.3 is 0 Å². The molecule has 0 spiro atoms. The molecule has 1 N–H and O–H groups in total. The largest absolute Gasteiger partial charge is 0.302 e. The Labute approximate surface area is 148 Å². The van der Waals surface area contributed by atoms with Crippen molar-refractivity contribution in [3.63, 3.8) is 0 Å². The van der Waals surface area contributed by atoms with Crippen LogP contribution in [0.15, 0.2) is 36.4 Å². The lowest BCUT2D eigenvalue weighted by Crippen LogP contribution is -2.14. The van der Waals surface area contributed by atoms with E-state index in [-0.39, 0.29) is 5.91 Å². The maximum Gasteiger partial charge on any atom is 0.232 e. The minimum atomic E-state index is -1.01. The first-order chi connectivity index (χ1) is 12.0. The summed E-state index contributed by atoms with van der Waals surface area (Å²) in [5.74, 6) is 1.85. The molecule has 1 heterocycles. The number of hydrogen-bond donors (Lipinski definition) is 1. The number of aryl methyl sites for hydroxylation is 1. The Bertz CT molecular complexity index is 1030. The number of fused-ring (bicyclic) bond motifs is 1. The van der Waals surface area contributed by atoms with E-state index < -0.39 is 12.1 Å². The number of terminal acetylenes is 1. The van der Waals surface area contributed by atoms with Gasteiger partial charge in [0.2, 0.25) is 5.91 Å². The summed E-state index contributed by atoms with van der Waals surface area (Å²) in [4.78, 5) is 16.3. The first-order valence-corrected chi connectivity index (χ1v) is 8.80. The third-order valence-corrected chi connectivity index (χ3v) is 5.32. The normalized spacial score (nSPS) is 18.8. The van der Waals surface area contributed by atoms with E-state index >= 15 is 0 Å². The Morgan fingerprint density at radius 1 is 1.36 bits per heavy atom. The van der Waals surface area contributed by atoms with Crippen LogP contribution in [0.25, 0.3) is 21.3 Å². The van der Waals surface area contributed by atoms with E-state index in [4.69, 9.17) is 6.42 Å². The molecule has 3 aromatic rings. The quantitative estimate of drug-likeness (QED) is 0.704. The Morgan fingerprint density at radius 3 is 2.88 bits per heavy atom. The van der Waals surface area contributed by atoms with Crippen LogP contribution in [0.5, 0.6) is 0 Å². The number of alkyl halides is 1.